The van der Waals surface area contributed by atoms with Crippen molar-refractivity contribution in [3.05, 3.63) is 47.8 Å². The zero-order valence-electron chi connectivity index (χ0n) is 10.1. The molecule has 0 saturated carbocycles. The van der Waals surface area contributed by atoms with Crippen LogP contribution in [0.5, 0.6) is 5.75 Å². The van der Waals surface area contributed by atoms with Crippen LogP contribution in [0.1, 0.15) is 16.2 Å². The van der Waals surface area contributed by atoms with Gasteiger partial charge in [0.05, 0.1) is 7.11 Å². The molecular formula is C14H10N2O3. The molecule has 0 aliphatic heterocycles. The number of rotatable bonds is 2. The fraction of sp³-hybridized carbons (Fsp3) is 0.0714. The van der Waals surface area contributed by atoms with Crippen LogP contribution in [0.25, 0.3) is 11.1 Å². The molecule has 1 heterocycles. The number of carbonyl (C=O) groups excluding carboxylic acids is 1. The van der Waals surface area contributed by atoms with Crippen LogP contribution in [0.4, 0.5) is 0 Å². The second-order valence-corrected chi connectivity index (χ2v) is 3.72. The van der Waals surface area contributed by atoms with Crippen LogP contribution in [0, 0.1) is 11.3 Å². The third kappa shape index (κ3) is 2.38. The molecule has 0 unspecified atom stereocenters. The van der Waals surface area contributed by atoms with E-state index in [0.717, 1.165) is 5.56 Å². The van der Waals surface area contributed by atoms with Crippen molar-refractivity contribution < 1.29 is 14.6 Å². The number of nitrogens with zero attached hydrogens (tertiary/aromatic N) is 2. The topological polar surface area (TPSA) is 83.2 Å². The maximum Gasteiger partial charge on any atom is 0.360 e. The first kappa shape index (κ1) is 12.6. The minimum absolute atomic E-state index is 0.0596. The lowest BCUT2D eigenvalue weighted by Gasteiger charge is -2.07. The van der Waals surface area contributed by atoms with E-state index >= 15 is 0 Å². The van der Waals surface area contributed by atoms with Crippen molar-refractivity contribution in [2.75, 3.05) is 7.11 Å². The minimum atomic E-state index is -0.784. The molecule has 0 aliphatic rings. The van der Waals surface area contributed by atoms with E-state index in [1.165, 1.54) is 13.2 Å². The summed E-state index contributed by atoms with van der Waals surface area (Å²) in [7, 11) is 1.18. The number of hydrogen-bond acceptors (Lipinski definition) is 5. The highest BCUT2D eigenvalue weighted by Gasteiger charge is 2.18. The van der Waals surface area contributed by atoms with Crippen LogP contribution in [0.2, 0.25) is 0 Å². The second kappa shape index (κ2) is 5.19. The van der Waals surface area contributed by atoms with Gasteiger partial charge in [-0.3, -0.25) is 0 Å². The lowest BCUT2D eigenvalue weighted by molar-refractivity contribution is 0.0590. The van der Waals surface area contributed by atoms with Gasteiger partial charge in [-0.05, 0) is 11.6 Å². The van der Waals surface area contributed by atoms with Crippen LogP contribution < -0.4 is 0 Å². The first-order valence-corrected chi connectivity index (χ1v) is 5.45. The first-order valence-electron chi connectivity index (χ1n) is 5.45. The van der Waals surface area contributed by atoms with Crippen molar-refractivity contribution in [2.24, 2.45) is 0 Å². The Bertz CT molecular complexity index is 660. The average molecular weight is 254 g/mol. The molecule has 1 aromatic heterocycles. The Morgan fingerprint density at radius 2 is 2.05 bits per heavy atom. The number of carbonyl (C=O) groups is 1. The molecule has 0 saturated heterocycles. The summed E-state index contributed by atoms with van der Waals surface area (Å²) in [6.45, 7) is 0. The second-order valence-electron chi connectivity index (χ2n) is 3.72. The monoisotopic (exact) mass is 254 g/mol. The predicted octanol–water partition coefficient (Wildman–Crippen LogP) is 2.11. The van der Waals surface area contributed by atoms with E-state index in [4.69, 9.17) is 5.26 Å². The molecule has 5 nitrogen and oxygen atoms in total. The van der Waals surface area contributed by atoms with Gasteiger partial charge in [0.15, 0.2) is 5.69 Å². The molecule has 0 amide bonds. The maximum absolute atomic E-state index is 11.4. The van der Waals surface area contributed by atoms with Gasteiger partial charge < -0.3 is 9.84 Å². The van der Waals surface area contributed by atoms with Crippen molar-refractivity contribution in [1.82, 2.24) is 4.98 Å². The Kier molecular flexibility index (Phi) is 3.44. The summed E-state index contributed by atoms with van der Waals surface area (Å²) in [5, 5.41) is 18.9. The molecule has 1 N–H and O–H groups in total. The lowest BCUT2D eigenvalue weighted by Crippen LogP contribution is -2.06. The summed E-state index contributed by atoms with van der Waals surface area (Å²) in [5.41, 5.74) is 0.995. The van der Waals surface area contributed by atoms with E-state index in [1.807, 2.05) is 24.3 Å². The SMILES string of the molecule is COC(=O)c1nc(C#N)c(-c2ccccc2)cc1O. The molecule has 0 spiro atoms. The van der Waals surface area contributed by atoms with Gasteiger partial charge in [-0.2, -0.15) is 5.26 Å². The Balaban J connectivity index is 2.62. The van der Waals surface area contributed by atoms with Gasteiger partial charge in [-0.1, -0.05) is 30.3 Å². The summed E-state index contributed by atoms with van der Waals surface area (Å²) in [6, 6.07) is 12.3. The van der Waals surface area contributed by atoms with E-state index in [-0.39, 0.29) is 17.1 Å². The van der Waals surface area contributed by atoms with Gasteiger partial charge >= 0.3 is 5.97 Å². The Morgan fingerprint density at radius 3 is 2.63 bits per heavy atom. The number of pyridine rings is 1. The fourth-order valence-electron chi connectivity index (χ4n) is 1.67. The van der Waals surface area contributed by atoms with E-state index in [9.17, 15) is 9.90 Å². The molecule has 0 atom stereocenters. The molecule has 5 heteroatoms. The number of aromatic hydroxyl groups is 1. The van der Waals surface area contributed by atoms with Crippen LogP contribution in [-0.4, -0.2) is 23.2 Å². The summed E-state index contributed by atoms with van der Waals surface area (Å²) in [4.78, 5) is 15.2. The number of ether oxygens (including phenoxy) is 1. The van der Waals surface area contributed by atoms with Crippen LogP contribution in [0.15, 0.2) is 36.4 Å². The van der Waals surface area contributed by atoms with Crippen molar-refractivity contribution in [2.45, 2.75) is 0 Å². The molecule has 0 radical (unpaired) electrons. The van der Waals surface area contributed by atoms with E-state index in [2.05, 4.69) is 9.72 Å². The Hall–Kier alpha value is -2.87. The van der Waals surface area contributed by atoms with Gasteiger partial charge in [-0.15, -0.1) is 0 Å². The number of methoxy groups -OCH3 is 1. The van der Waals surface area contributed by atoms with Crippen LogP contribution >= 0.6 is 0 Å². The number of esters is 1. The highest BCUT2D eigenvalue weighted by Crippen LogP contribution is 2.28. The predicted molar refractivity (Wildman–Crippen MR) is 67.4 cm³/mol. The highest BCUT2D eigenvalue weighted by atomic mass is 16.5. The van der Waals surface area contributed by atoms with Crippen LogP contribution in [-0.2, 0) is 4.74 Å². The van der Waals surface area contributed by atoms with E-state index in [1.54, 1.807) is 12.1 Å². The third-order valence-electron chi connectivity index (χ3n) is 2.57. The normalized spacial score (nSPS) is 9.68. The average Bonchev–Trinajstić information content (AvgIpc) is 2.47. The van der Waals surface area contributed by atoms with Gasteiger partial charge in [0, 0.05) is 5.56 Å². The van der Waals surface area contributed by atoms with Gasteiger partial charge in [0.1, 0.15) is 17.5 Å². The Labute approximate surface area is 109 Å². The standard InChI is InChI=1S/C14H10N2O3/c1-19-14(18)13-12(17)7-10(11(8-15)16-13)9-5-3-2-4-6-9/h2-7,17H,1H3. The zero-order chi connectivity index (χ0) is 13.8. The molecule has 19 heavy (non-hydrogen) atoms. The van der Waals surface area contributed by atoms with Crippen molar-refractivity contribution >= 4 is 5.97 Å². The van der Waals surface area contributed by atoms with Gasteiger partial charge in [-0.25, -0.2) is 9.78 Å². The summed E-state index contributed by atoms with van der Waals surface area (Å²) >= 11 is 0. The zero-order valence-corrected chi connectivity index (χ0v) is 10.1. The lowest BCUT2D eigenvalue weighted by atomic mass is 10.0. The third-order valence-corrected chi connectivity index (χ3v) is 2.57. The molecule has 0 aliphatic carbocycles. The molecule has 0 fully saturated rings. The Morgan fingerprint density at radius 1 is 1.37 bits per heavy atom. The summed E-state index contributed by atoms with van der Waals surface area (Å²) < 4.78 is 4.49. The van der Waals surface area contributed by atoms with Gasteiger partial charge in [0.2, 0.25) is 0 Å². The molecule has 0 bridgehead atoms. The summed E-state index contributed by atoms with van der Waals surface area (Å²) in [6.07, 6.45) is 0. The van der Waals surface area contributed by atoms with E-state index in [0.29, 0.717) is 5.56 Å². The fourth-order valence-corrected chi connectivity index (χ4v) is 1.67. The highest BCUT2D eigenvalue weighted by molar-refractivity contribution is 5.91. The number of aromatic nitrogens is 1. The smallest absolute Gasteiger partial charge is 0.360 e. The molecular weight excluding hydrogens is 244 g/mol. The van der Waals surface area contributed by atoms with Crippen molar-refractivity contribution in [1.29, 1.82) is 5.26 Å². The number of nitriles is 1. The minimum Gasteiger partial charge on any atom is -0.505 e. The number of hydrogen-bond donors (Lipinski definition) is 1. The number of benzene rings is 1. The molecule has 2 rings (SSSR count). The molecule has 94 valence electrons. The van der Waals surface area contributed by atoms with E-state index < -0.39 is 5.97 Å². The van der Waals surface area contributed by atoms with Crippen LogP contribution in [0.3, 0.4) is 0 Å². The largest absolute Gasteiger partial charge is 0.505 e. The van der Waals surface area contributed by atoms with Gasteiger partial charge in [0.25, 0.3) is 0 Å². The summed E-state index contributed by atoms with van der Waals surface area (Å²) in [5.74, 6) is -1.10. The van der Waals surface area contributed by atoms with Crippen molar-refractivity contribution in [3.63, 3.8) is 0 Å². The molecule has 2 aromatic rings. The van der Waals surface area contributed by atoms with Crippen molar-refractivity contribution in [3.8, 4) is 22.9 Å². The molecule has 1 aromatic carbocycles. The first-order chi connectivity index (χ1) is 9.17. The quantitative estimate of drug-likeness (QED) is 0.830. The maximum atomic E-state index is 11.4.